The van der Waals surface area contributed by atoms with Gasteiger partial charge in [-0.25, -0.2) is 0 Å². The van der Waals surface area contributed by atoms with Gasteiger partial charge in [0.05, 0.1) is 34.2 Å². The van der Waals surface area contributed by atoms with E-state index in [2.05, 4.69) is 160 Å². The molecule has 1 aliphatic heterocycles. The van der Waals surface area contributed by atoms with Gasteiger partial charge in [-0.15, -0.1) is 0 Å². The van der Waals surface area contributed by atoms with E-state index in [4.69, 9.17) is 15.0 Å². The van der Waals surface area contributed by atoms with E-state index in [-0.39, 0.29) is 0 Å². The maximum atomic E-state index is 5.20. The summed E-state index contributed by atoms with van der Waals surface area (Å²) in [4.78, 5) is 23.0. The van der Waals surface area contributed by atoms with Crippen LogP contribution in [0.5, 0.6) is 0 Å². The zero-order valence-corrected chi connectivity index (χ0v) is 27.4. The van der Waals surface area contributed by atoms with Gasteiger partial charge in [0.1, 0.15) is 0 Å². The summed E-state index contributed by atoms with van der Waals surface area (Å²) >= 11 is 0. The molecule has 3 aromatic heterocycles. The van der Waals surface area contributed by atoms with Crippen molar-refractivity contribution >= 4 is 0 Å². The fourth-order valence-corrected chi connectivity index (χ4v) is 6.52. The summed E-state index contributed by atoms with van der Waals surface area (Å²) in [5.74, 6) is 0. The normalized spacial score (nSPS) is 15.0. The van der Waals surface area contributed by atoms with E-state index >= 15 is 0 Å². The largest absolute Gasteiger partial charge is 0.287 e. The molecule has 6 bridgehead atoms. The molecule has 6 aromatic rings. The highest BCUT2D eigenvalue weighted by atomic mass is 15.2. The van der Waals surface area contributed by atoms with Crippen molar-refractivity contribution < 1.29 is 0 Å². The molecule has 7 rings (SSSR count). The minimum Gasteiger partial charge on any atom is -0.287 e. The lowest BCUT2D eigenvalue weighted by Gasteiger charge is -2.26. The molecule has 0 saturated heterocycles. The van der Waals surface area contributed by atoms with E-state index in [0.717, 1.165) is 93.1 Å². The SMILES string of the molecule is c1ccc(CN2Cc3cccc(n3)CN(Cc3ccccc3)Cc3cccc(n3)CN(Cc3ccccc3)Cc3cccc(n3)C2)cc1. The van der Waals surface area contributed by atoms with E-state index in [1.165, 1.54) is 16.7 Å². The summed E-state index contributed by atoms with van der Waals surface area (Å²) in [5.41, 5.74) is 10.2. The predicted molar refractivity (Wildman–Crippen MR) is 191 cm³/mol. The Balaban J connectivity index is 1.25. The second-order valence-corrected chi connectivity index (χ2v) is 12.8. The highest BCUT2D eigenvalue weighted by molar-refractivity contribution is 5.20. The number of hydrogen-bond donors (Lipinski definition) is 0. The molecule has 0 spiro atoms. The fraction of sp³-hybridized carbons (Fsp3) is 0.214. The maximum Gasteiger partial charge on any atom is 0.0548 e. The van der Waals surface area contributed by atoms with E-state index in [1.54, 1.807) is 0 Å². The van der Waals surface area contributed by atoms with Crippen molar-refractivity contribution in [3.8, 4) is 0 Å². The standard InChI is InChI=1S/C42H42N6/c1-4-13-34(14-5-1)25-46-28-37-19-10-21-39(43-37)30-47(26-35-15-6-2-7-16-35)32-41-23-12-24-42(45-41)33-48(27-36-17-8-3-9-18-36)31-40-22-11-20-38(29-46)44-40/h1-24H,25-33H2. The first-order valence-electron chi connectivity index (χ1n) is 16.8. The Morgan fingerprint density at radius 1 is 0.292 bits per heavy atom. The Labute approximate surface area is 284 Å². The second-order valence-electron chi connectivity index (χ2n) is 12.8. The summed E-state index contributed by atoms with van der Waals surface area (Å²) in [5, 5.41) is 0. The Hall–Kier alpha value is -5.01. The van der Waals surface area contributed by atoms with E-state index in [0.29, 0.717) is 0 Å². The van der Waals surface area contributed by atoms with Gasteiger partial charge in [0.15, 0.2) is 0 Å². The number of benzene rings is 3. The Morgan fingerprint density at radius 3 is 0.750 bits per heavy atom. The molecule has 48 heavy (non-hydrogen) atoms. The Kier molecular flexibility index (Phi) is 10.3. The number of aromatic nitrogens is 3. The monoisotopic (exact) mass is 630 g/mol. The summed E-state index contributed by atoms with van der Waals surface area (Å²) < 4.78 is 0. The number of rotatable bonds is 6. The van der Waals surface area contributed by atoms with Crippen LogP contribution in [0.2, 0.25) is 0 Å². The van der Waals surface area contributed by atoms with Crippen LogP contribution in [0.1, 0.15) is 50.9 Å². The number of hydrogen-bond acceptors (Lipinski definition) is 6. The smallest absolute Gasteiger partial charge is 0.0548 e. The van der Waals surface area contributed by atoms with Gasteiger partial charge in [-0.2, -0.15) is 0 Å². The minimum absolute atomic E-state index is 0.733. The van der Waals surface area contributed by atoms with Gasteiger partial charge in [-0.3, -0.25) is 29.7 Å². The van der Waals surface area contributed by atoms with Gasteiger partial charge in [-0.05, 0) is 53.1 Å². The molecule has 0 radical (unpaired) electrons. The lowest BCUT2D eigenvalue weighted by molar-refractivity contribution is 0.228. The lowest BCUT2D eigenvalue weighted by atomic mass is 10.1. The van der Waals surface area contributed by atoms with Gasteiger partial charge in [-0.1, -0.05) is 109 Å². The molecule has 0 saturated carbocycles. The van der Waals surface area contributed by atoms with Crippen molar-refractivity contribution in [1.82, 2.24) is 29.7 Å². The zero-order chi connectivity index (χ0) is 32.4. The third-order valence-corrected chi connectivity index (χ3v) is 8.65. The molecule has 240 valence electrons. The van der Waals surface area contributed by atoms with Crippen LogP contribution in [-0.2, 0) is 58.9 Å². The third kappa shape index (κ3) is 9.07. The van der Waals surface area contributed by atoms with Crippen molar-refractivity contribution in [2.45, 2.75) is 58.9 Å². The molecule has 0 aliphatic carbocycles. The molecule has 3 aromatic carbocycles. The van der Waals surface area contributed by atoms with Crippen LogP contribution in [0.3, 0.4) is 0 Å². The van der Waals surface area contributed by atoms with Crippen molar-refractivity contribution in [3.05, 3.63) is 196 Å². The van der Waals surface area contributed by atoms with Crippen LogP contribution in [-0.4, -0.2) is 29.7 Å². The summed E-state index contributed by atoms with van der Waals surface area (Å²) in [7, 11) is 0. The van der Waals surface area contributed by atoms with Gasteiger partial charge in [0, 0.05) is 58.9 Å². The first kappa shape index (κ1) is 31.6. The van der Waals surface area contributed by atoms with Crippen LogP contribution in [0.25, 0.3) is 0 Å². The van der Waals surface area contributed by atoms with E-state index in [9.17, 15) is 0 Å². The maximum absolute atomic E-state index is 5.20. The summed E-state index contributed by atoms with van der Waals surface area (Å²) in [6.45, 7) is 6.86. The first-order valence-corrected chi connectivity index (χ1v) is 16.8. The molecular weight excluding hydrogens is 589 g/mol. The Bertz CT molecular complexity index is 1590. The molecule has 0 atom stereocenters. The first-order chi connectivity index (χ1) is 23.7. The number of fused-ring (bicyclic) bond motifs is 6. The van der Waals surface area contributed by atoms with Crippen LogP contribution < -0.4 is 0 Å². The lowest BCUT2D eigenvalue weighted by Crippen LogP contribution is -2.27. The van der Waals surface area contributed by atoms with Crippen LogP contribution in [0.15, 0.2) is 146 Å². The molecule has 0 amide bonds. The molecule has 0 unspecified atom stereocenters. The van der Waals surface area contributed by atoms with Gasteiger partial charge in [0.2, 0.25) is 0 Å². The quantitative estimate of drug-likeness (QED) is 0.187. The van der Waals surface area contributed by atoms with Crippen molar-refractivity contribution in [2.75, 3.05) is 0 Å². The zero-order valence-electron chi connectivity index (χ0n) is 27.4. The van der Waals surface area contributed by atoms with Crippen molar-refractivity contribution in [1.29, 1.82) is 0 Å². The molecule has 4 heterocycles. The molecule has 0 N–H and O–H groups in total. The average molecular weight is 631 g/mol. The van der Waals surface area contributed by atoms with Crippen molar-refractivity contribution in [2.24, 2.45) is 0 Å². The number of nitrogens with zero attached hydrogens (tertiary/aromatic N) is 6. The van der Waals surface area contributed by atoms with Crippen LogP contribution >= 0.6 is 0 Å². The molecular formula is C42H42N6. The van der Waals surface area contributed by atoms with Gasteiger partial charge >= 0.3 is 0 Å². The highest BCUT2D eigenvalue weighted by Crippen LogP contribution is 2.19. The van der Waals surface area contributed by atoms with E-state index < -0.39 is 0 Å². The van der Waals surface area contributed by atoms with Crippen molar-refractivity contribution in [3.63, 3.8) is 0 Å². The highest BCUT2D eigenvalue weighted by Gasteiger charge is 2.16. The number of pyridine rings is 3. The predicted octanol–water partition coefficient (Wildman–Crippen LogP) is 7.79. The molecule has 0 fully saturated rings. The minimum atomic E-state index is 0.733. The van der Waals surface area contributed by atoms with Crippen LogP contribution in [0.4, 0.5) is 0 Å². The molecule has 6 nitrogen and oxygen atoms in total. The third-order valence-electron chi connectivity index (χ3n) is 8.65. The summed E-state index contributed by atoms with van der Waals surface area (Å²) in [6, 6.07) is 51.5. The topological polar surface area (TPSA) is 48.4 Å². The fourth-order valence-electron chi connectivity index (χ4n) is 6.52. The summed E-state index contributed by atoms with van der Waals surface area (Å²) in [6.07, 6.45) is 0. The average Bonchev–Trinajstić information content (AvgIpc) is 3.10. The Morgan fingerprint density at radius 2 is 0.521 bits per heavy atom. The van der Waals surface area contributed by atoms with E-state index in [1.807, 2.05) is 0 Å². The van der Waals surface area contributed by atoms with Gasteiger partial charge < -0.3 is 0 Å². The second kappa shape index (κ2) is 15.7. The molecule has 6 heteroatoms. The van der Waals surface area contributed by atoms with Crippen LogP contribution in [0, 0.1) is 0 Å². The van der Waals surface area contributed by atoms with Gasteiger partial charge in [0.25, 0.3) is 0 Å². The molecule has 1 aliphatic rings.